The fourth-order valence-electron chi connectivity index (χ4n) is 2.03. The highest BCUT2D eigenvalue weighted by Crippen LogP contribution is 2.14. The van der Waals surface area contributed by atoms with Crippen molar-refractivity contribution in [3.63, 3.8) is 0 Å². The van der Waals surface area contributed by atoms with Crippen LogP contribution in [0.5, 0.6) is 0 Å². The second-order valence-corrected chi connectivity index (χ2v) is 4.67. The molecule has 2 rings (SSSR count). The maximum Gasteiger partial charge on any atom is 0.320 e. The van der Waals surface area contributed by atoms with E-state index in [0.29, 0.717) is 6.54 Å². The fourth-order valence-corrected chi connectivity index (χ4v) is 2.03. The number of likely N-dealkylation sites (N-methyl/N-ethyl adjacent to an activating group) is 1. The largest absolute Gasteiger partial charge is 0.463 e. The minimum absolute atomic E-state index is 0.0806. The maximum atomic E-state index is 11.7. The minimum Gasteiger partial charge on any atom is -0.463 e. The molecule has 0 radical (unpaired) electrons. The first-order valence-corrected chi connectivity index (χ1v) is 6.49. The second-order valence-electron chi connectivity index (χ2n) is 4.67. The first-order chi connectivity index (χ1) is 8.70. The number of furan rings is 1. The van der Waals surface area contributed by atoms with Crippen molar-refractivity contribution in [2.45, 2.75) is 26.4 Å². The van der Waals surface area contributed by atoms with Crippen molar-refractivity contribution in [1.29, 1.82) is 0 Å². The molecular formula is C13H21N3O2. The Balaban J connectivity index is 1.85. The first kappa shape index (κ1) is 13.0. The van der Waals surface area contributed by atoms with E-state index in [1.165, 1.54) is 0 Å². The van der Waals surface area contributed by atoms with Gasteiger partial charge in [0.1, 0.15) is 11.5 Å². The van der Waals surface area contributed by atoms with Crippen LogP contribution in [-0.2, 0) is 13.1 Å². The SMILES string of the molecule is CCCNCc1ccc(CN2CCN(C)C2=O)o1. The summed E-state index contributed by atoms with van der Waals surface area (Å²) in [6.45, 7) is 6.02. The Bertz CT molecular complexity index is 403. The number of carbonyl (C=O) groups is 1. The highest BCUT2D eigenvalue weighted by molar-refractivity contribution is 5.76. The average molecular weight is 251 g/mol. The third-order valence-electron chi connectivity index (χ3n) is 3.09. The van der Waals surface area contributed by atoms with E-state index in [-0.39, 0.29) is 6.03 Å². The molecule has 0 spiro atoms. The van der Waals surface area contributed by atoms with Gasteiger partial charge in [-0.2, -0.15) is 0 Å². The van der Waals surface area contributed by atoms with Crippen LogP contribution in [0.2, 0.25) is 0 Å². The van der Waals surface area contributed by atoms with Gasteiger partial charge in [0.2, 0.25) is 0 Å². The van der Waals surface area contributed by atoms with E-state index >= 15 is 0 Å². The van der Waals surface area contributed by atoms with Gasteiger partial charge in [-0.05, 0) is 25.1 Å². The lowest BCUT2D eigenvalue weighted by Gasteiger charge is -2.13. The van der Waals surface area contributed by atoms with Crippen molar-refractivity contribution >= 4 is 6.03 Å². The Hall–Kier alpha value is -1.49. The third-order valence-corrected chi connectivity index (χ3v) is 3.09. The zero-order chi connectivity index (χ0) is 13.0. The van der Waals surface area contributed by atoms with E-state index in [1.54, 1.807) is 4.90 Å². The summed E-state index contributed by atoms with van der Waals surface area (Å²) < 4.78 is 5.70. The molecule has 18 heavy (non-hydrogen) atoms. The summed E-state index contributed by atoms with van der Waals surface area (Å²) in [5, 5.41) is 3.29. The normalized spacial score (nSPS) is 15.8. The fraction of sp³-hybridized carbons (Fsp3) is 0.615. The van der Waals surface area contributed by atoms with Crippen LogP contribution in [-0.4, -0.2) is 42.5 Å². The zero-order valence-corrected chi connectivity index (χ0v) is 11.1. The molecule has 1 fully saturated rings. The van der Waals surface area contributed by atoms with Crippen molar-refractivity contribution in [3.8, 4) is 0 Å². The standard InChI is InChI=1S/C13H21N3O2/c1-3-6-14-9-11-4-5-12(18-11)10-16-8-7-15(2)13(16)17/h4-5,14H,3,6-10H2,1-2H3. The molecule has 100 valence electrons. The number of carbonyl (C=O) groups excluding carboxylic acids is 1. The molecule has 5 heteroatoms. The molecule has 0 atom stereocenters. The Morgan fingerprint density at radius 2 is 2.11 bits per heavy atom. The van der Waals surface area contributed by atoms with Crippen LogP contribution in [0.25, 0.3) is 0 Å². The molecular weight excluding hydrogens is 230 g/mol. The van der Waals surface area contributed by atoms with E-state index in [4.69, 9.17) is 4.42 Å². The lowest BCUT2D eigenvalue weighted by atomic mass is 10.4. The monoisotopic (exact) mass is 251 g/mol. The number of rotatable bonds is 6. The Labute approximate surface area is 108 Å². The summed E-state index contributed by atoms with van der Waals surface area (Å²) in [4.78, 5) is 15.3. The average Bonchev–Trinajstić information content (AvgIpc) is 2.92. The lowest BCUT2D eigenvalue weighted by Crippen LogP contribution is -2.28. The van der Waals surface area contributed by atoms with E-state index in [9.17, 15) is 4.79 Å². The van der Waals surface area contributed by atoms with Crippen molar-refractivity contribution in [3.05, 3.63) is 23.7 Å². The number of amides is 2. The van der Waals surface area contributed by atoms with Gasteiger partial charge in [0.05, 0.1) is 13.1 Å². The number of urea groups is 1. The Morgan fingerprint density at radius 3 is 2.78 bits per heavy atom. The van der Waals surface area contributed by atoms with Crippen LogP contribution in [0.3, 0.4) is 0 Å². The van der Waals surface area contributed by atoms with Crippen LogP contribution in [0.15, 0.2) is 16.5 Å². The molecule has 1 aromatic rings. The summed E-state index contributed by atoms with van der Waals surface area (Å²) in [6.07, 6.45) is 1.11. The second kappa shape index (κ2) is 5.91. The van der Waals surface area contributed by atoms with Gasteiger partial charge in [0.25, 0.3) is 0 Å². The minimum atomic E-state index is 0.0806. The highest BCUT2D eigenvalue weighted by atomic mass is 16.3. The summed E-state index contributed by atoms with van der Waals surface area (Å²) in [5.41, 5.74) is 0. The predicted octanol–water partition coefficient (Wildman–Crippen LogP) is 1.65. The van der Waals surface area contributed by atoms with Crippen LogP contribution >= 0.6 is 0 Å². The Kier molecular flexibility index (Phi) is 4.25. The molecule has 1 aliphatic rings. The van der Waals surface area contributed by atoms with Gasteiger partial charge in [-0.25, -0.2) is 4.79 Å². The number of nitrogens with one attached hydrogen (secondary N) is 1. The molecule has 2 amide bonds. The molecule has 0 aromatic carbocycles. The first-order valence-electron chi connectivity index (χ1n) is 6.49. The topological polar surface area (TPSA) is 48.7 Å². The van der Waals surface area contributed by atoms with Crippen molar-refractivity contribution in [1.82, 2.24) is 15.1 Å². The molecule has 0 unspecified atom stereocenters. The van der Waals surface area contributed by atoms with E-state index < -0.39 is 0 Å². The van der Waals surface area contributed by atoms with Gasteiger partial charge in [-0.1, -0.05) is 6.92 Å². The van der Waals surface area contributed by atoms with Gasteiger partial charge < -0.3 is 19.5 Å². The maximum absolute atomic E-state index is 11.7. The summed E-state index contributed by atoms with van der Waals surface area (Å²) in [5.74, 6) is 1.78. The highest BCUT2D eigenvalue weighted by Gasteiger charge is 2.25. The summed E-state index contributed by atoms with van der Waals surface area (Å²) in [6, 6.07) is 4.01. The molecule has 0 saturated carbocycles. The molecule has 2 heterocycles. The van der Waals surface area contributed by atoms with Gasteiger partial charge in [-0.15, -0.1) is 0 Å². The van der Waals surface area contributed by atoms with Gasteiger partial charge in [0, 0.05) is 20.1 Å². The Morgan fingerprint density at radius 1 is 1.33 bits per heavy atom. The van der Waals surface area contributed by atoms with Gasteiger partial charge in [0.15, 0.2) is 0 Å². The third kappa shape index (κ3) is 3.04. The van der Waals surface area contributed by atoms with Crippen molar-refractivity contribution < 1.29 is 9.21 Å². The molecule has 1 N–H and O–H groups in total. The number of hydrogen-bond donors (Lipinski definition) is 1. The number of hydrogen-bond acceptors (Lipinski definition) is 3. The quantitative estimate of drug-likeness (QED) is 0.782. The van der Waals surface area contributed by atoms with Crippen LogP contribution in [0, 0.1) is 0 Å². The van der Waals surface area contributed by atoms with E-state index in [0.717, 1.165) is 44.1 Å². The summed E-state index contributed by atoms with van der Waals surface area (Å²) >= 11 is 0. The van der Waals surface area contributed by atoms with Crippen molar-refractivity contribution in [2.24, 2.45) is 0 Å². The van der Waals surface area contributed by atoms with Crippen LogP contribution < -0.4 is 5.32 Å². The van der Waals surface area contributed by atoms with Gasteiger partial charge >= 0.3 is 6.03 Å². The summed E-state index contributed by atoms with van der Waals surface area (Å²) in [7, 11) is 1.82. The molecule has 1 aliphatic heterocycles. The number of nitrogens with zero attached hydrogens (tertiary/aromatic N) is 2. The predicted molar refractivity (Wildman–Crippen MR) is 69.1 cm³/mol. The molecule has 1 saturated heterocycles. The van der Waals surface area contributed by atoms with E-state index in [2.05, 4.69) is 12.2 Å². The zero-order valence-electron chi connectivity index (χ0n) is 11.1. The molecule has 0 aliphatic carbocycles. The molecule has 1 aromatic heterocycles. The van der Waals surface area contributed by atoms with E-state index in [1.807, 2.05) is 24.1 Å². The van der Waals surface area contributed by atoms with Crippen molar-refractivity contribution in [2.75, 3.05) is 26.7 Å². The molecule has 0 bridgehead atoms. The van der Waals surface area contributed by atoms with Crippen LogP contribution in [0.1, 0.15) is 24.9 Å². The molecule has 5 nitrogen and oxygen atoms in total. The van der Waals surface area contributed by atoms with Crippen LogP contribution in [0.4, 0.5) is 4.79 Å². The van der Waals surface area contributed by atoms with Gasteiger partial charge in [-0.3, -0.25) is 0 Å². The smallest absolute Gasteiger partial charge is 0.320 e. The lowest BCUT2D eigenvalue weighted by molar-refractivity contribution is 0.193.